The zero-order valence-corrected chi connectivity index (χ0v) is 15.5. The quantitative estimate of drug-likeness (QED) is 0.391. The number of aryl methyl sites for hydroxylation is 1. The molecule has 1 aliphatic rings. The zero-order valence-electron chi connectivity index (χ0n) is 15.5. The Morgan fingerprint density at radius 1 is 0.900 bits per heavy atom. The zero-order chi connectivity index (χ0) is 22.5. The molecule has 164 valence electrons. The molecule has 0 spiro atoms. The lowest BCUT2D eigenvalue weighted by Gasteiger charge is -2.20. The summed E-state index contributed by atoms with van der Waals surface area (Å²) in [5, 5.41) is 8.58. The Balaban J connectivity index is 2.54. The van der Waals surface area contributed by atoms with Gasteiger partial charge in [0.05, 0.1) is 11.1 Å². The molecule has 0 unspecified atom stereocenters. The van der Waals surface area contributed by atoms with Crippen LogP contribution in [0.3, 0.4) is 0 Å². The lowest BCUT2D eigenvalue weighted by Crippen LogP contribution is -2.14. The number of halogens is 8. The van der Waals surface area contributed by atoms with Crippen LogP contribution in [0, 0.1) is 0 Å². The third-order valence-corrected chi connectivity index (χ3v) is 4.46. The highest BCUT2D eigenvalue weighted by molar-refractivity contribution is 5.72. The summed E-state index contributed by atoms with van der Waals surface area (Å²) >= 11 is 0. The van der Waals surface area contributed by atoms with E-state index in [9.17, 15) is 35.1 Å². The van der Waals surface area contributed by atoms with Crippen molar-refractivity contribution in [3.8, 4) is 0 Å². The van der Waals surface area contributed by atoms with E-state index < -0.39 is 48.2 Å². The first-order valence-corrected chi connectivity index (χ1v) is 8.95. The number of hydrogen-bond donors (Lipinski definition) is 1. The van der Waals surface area contributed by atoms with Gasteiger partial charge in [-0.2, -0.15) is 26.3 Å². The molecule has 30 heavy (non-hydrogen) atoms. The minimum absolute atomic E-state index is 0.0611. The van der Waals surface area contributed by atoms with Crippen molar-refractivity contribution in [3.63, 3.8) is 0 Å². The van der Waals surface area contributed by atoms with Gasteiger partial charge in [-0.25, -0.2) is 8.78 Å². The largest absolute Gasteiger partial charge is 0.419 e. The van der Waals surface area contributed by atoms with Crippen molar-refractivity contribution in [2.45, 2.75) is 38.0 Å². The van der Waals surface area contributed by atoms with Crippen LogP contribution in [-0.4, -0.2) is 24.1 Å². The Bertz CT molecular complexity index is 885. The first-order valence-electron chi connectivity index (χ1n) is 8.95. The molecular formula is C21H18F8O. The van der Waals surface area contributed by atoms with Crippen LogP contribution in [-0.2, 0) is 6.42 Å². The predicted molar refractivity (Wildman–Crippen MR) is 96.6 cm³/mol. The number of benzene rings is 1. The number of fused-ring (bicyclic) bond motifs is 1. The van der Waals surface area contributed by atoms with Gasteiger partial charge in [-0.1, -0.05) is 24.3 Å². The van der Waals surface area contributed by atoms with E-state index in [1.54, 1.807) is 24.3 Å². The molecule has 0 atom stereocenters. The molecule has 0 bridgehead atoms. The van der Waals surface area contributed by atoms with Gasteiger partial charge >= 0.3 is 12.4 Å². The first kappa shape index (κ1) is 23.9. The maximum atomic E-state index is 14.4. The van der Waals surface area contributed by atoms with Crippen LogP contribution in [0.1, 0.15) is 30.4 Å². The molecule has 0 aromatic heterocycles. The van der Waals surface area contributed by atoms with E-state index in [2.05, 4.69) is 0 Å². The Labute approximate surface area is 167 Å². The maximum absolute atomic E-state index is 14.4. The molecule has 1 aromatic rings. The van der Waals surface area contributed by atoms with Gasteiger partial charge in [0, 0.05) is 13.0 Å². The third kappa shape index (κ3) is 6.04. The maximum Gasteiger partial charge on any atom is 0.419 e. The fourth-order valence-corrected chi connectivity index (χ4v) is 3.08. The van der Waals surface area contributed by atoms with Crippen LogP contribution in [0.5, 0.6) is 0 Å². The predicted octanol–water partition coefficient (Wildman–Crippen LogP) is 6.92. The van der Waals surface area contributed by atoms with Crippen LogP contribution < -0.4 is 0 Å². The minimum atomic E-state index is -5.27. The SMILES string of the molecule is OCC/C(F)=C(/C=C/C(F)=C(\C=C1/CCCc2ccccc21)C(F)(F)F)C(F)(F)F. The molecule has 9 heteroatoms. The molecule has 0 amide bonds. The normalized spacial score (nSPS) is 18.4. The Hall–Kier alpha value is -2.42. The summed E-state index contributed by atoms with van der Waals surface area (Å²) in [6, 6.07) is 6.67. The molecule has 0 heterocycles. The van der Waals surface area contributed by atoms with Gasteiger partial charge < -0.3 is 5.11 Å². The Morgan fingerprint density at radius 3 is 2.13 bits per heavy atom. The molecule has 0 saturated carbocycles. The number of alkyl halides is 6. The molecule has 2 rings (SSSR count). The molecule has 1 aromatic carbocycles. The van der Waals surface area contributed by atoms with Gasteiger partial charge in [0.15, 0.2) is 0 Å². The summed E-state index contributed by atoms with van der Waals surface area (Å²) < 4.78 is 107. The van der Waals surface area contributed by atoms with Gasteiger partial charge in [0.1, 0.15) is 11.7 Å². The van der Waals surface area contributed by atoms with Gasteiger partial charge in [0.2, 0.25) is 0 Å². The van der Waals surface area contributed by atoms with E-state index in [0.29, 0.717) is 24.5 Å². The Morgan fingerprint density at radius 2 is 1.53 bits per heavy atom. The van der Waals surface area contributed by atoms with E-state index in [0.717, 1.165) is 5.56 Å². The van der Waals surface area contributed by atoms with Crippen molar-refractivity contribution in [1.29, 1.82) is 0 Å². The van der Waals surface area contributed by atoms with E-state index in [1.807, 2.05) is 0 Å². The minimum Gasteiger partial charge on any atom is -0.396 e. The van der Waals surface area contributed by atoms with Crippen molar-refractivity contribution in [2.75, 3.05) is 6.61 Å². The molecular weight excluding hydrogens is 420 g/mol. The van der Waals surface area contributed by atoms with Gasteiger partial charge in [-0.3, -0.25) is 0 Å². The van der Waals surface area contributed by atoms with E-state index in [4.69, 9.17) is 5.11 Å². The summed E-state index contributed by atoms with van der Waals surface area (Å²) in [4.78, 5) is 0. The first-order chi connectivity index (χ1) is 13.9. The molecule has 0 saturated heterocycles. The molecule has 1 aliphatic carbocycles. The topological polar surface area (TPSA) is 20.2 Å². The molecule has 0 radical (unpaired) electrons. The second-order valence-electron chi connectivity index (χ2n) is 6.56. The lowest BCUT2D eigenvalue weighted by atomic mass is 9.86. The average Bonchev–Trinajstić information content (AvgIpc) is 2.64. The number of rotatable bonds is 5. The summed E-state index contributed by atoms with van der Waals surface area (Å²) in [7, 11) is 0. The number of allylic oxidation sites excluding steroid dienone is 7. The molecule has 0 aliphatic heterocycles. The second kappa shape index (κ2) is 9.59. The number of hydrogen-bond acceptors (Lipinski definition) is 1. The third-order valence-electron chi connectivity index (χ3n) is 4.46. The molecule has 0 fully saturated rings. The van der Waals surface area contributed by atoms with Gasteiger partial charge in [0.25, 0.3) is 0 Å². The van der Waals surface area contributed by atoms with E-state index in [-0.39, 0.29) is 24.1 Å². The molecule has 1 nitrogen and oxygen atoms in total. The highest BCUT2D eigenvalue weighted by Gasteiger charge is 2.37. The van der Waals surface area contributed by atoms with Crippen LogP contribution in [0.4, 0.5) is 35.1 Å². The highest BCUT2D eigenvalue weighted by atomic mass is 19.4. The fraction of sp³-hybridized carbons (Fsp3) is 0.333. The average molecular weight is 438 g/mol. The van der Waals surface area contributed by atoms with Crippen LogP contribution in [0.2, 0.25) is 0 Å². The summed E-state index contributed by atoms with van der Waals surface area (Å²) in [6.45, 7) is -0.948. The number of aliphatic hydroxyl groups is 1. The van der Waals surface area contributed by atoms with Crippen molar-refractivity contribution < 1.29 is 40.2 Å². The van der Waals surface area contributed by atoms with Crippen LogP contribution >= 0.6 is 0 Å². The second-order valence-corrected chi connectivity index (χ2v) is 6.56. The molecule has 1 N–H and O–H groups in total. The highest BCUT2D eigenvalue weighted by Crippen LogP contribution is 2.38. The van der Waals surface area contributed by atoms with Crippen LogP contribution in [0.15, 0.2) is 65.3 Å². The lowest BCUT2D eigenvalue weighted by molar-refractivity contribution is -0.0905. The van der Waals surface area contributed by atoms with Crippen LogP contribution in [0.25, 0.3) is 5.57 Å². The van der Waals surface area contributed by atoms with Gasteiger partial charge in [-0.05, 0) is 54.2 Å². The summed E-state index contributed by atoms with van der Waals surface area (Å²) in [6.07, 6.45) is -9.60. The fourth-order valence-electron chi connectivity index (χ4n) is 3.08. The summed E-state index contributed by atoms with van der Waals surface area (Å²) in [5.74, 6) is -3.78. The number of aliphatic hydroxyl groups excluding tert-OH is 1. The van der Waals surface area contributed by atoms with Crippen molar-refractivity contribution in [2.24, 2.45) is 0 Å². The van der Waals surface area contributed by atoms with E-state index >= 15 is 0 Å². The standard InChI is InChI=1S/C21H18F8O/c22-18(9-8-16(20(24,25)26)19(23)10-11-30)17(21(27,28)29)12-14-6-3-5-13-4-1-2-7-15(13)14/h1-2,4,7-9,12,30H,3,5-6,10-11H2/b9-8+,14-12+,18-17-,19-16+. The van der Waals surface area contributed by atoms with E-state index in [1.165, 1.54) is 0 Å². The van der Waals surface area contributed by atoms with Crippen molar-refractivity contribution in [1.82, 2.24) is 0 Å². The summed E-state index contributed by atoms with van der Waals surface area (Å²) in [5.41, 5.74) is -2.18. The smallest absolute Gasteiger partial charge is 0.396 e. The monoisotopic (exact) mass is 438 g/mol. The van der Waals surface area contributed by atoms with Crippen molar-refractivity contribution in [3.05, 3.63) is 76.4 Å². The van der Waals surface area contributed by atoms with Gasteiger partial charge in [-0.15, -0.1) is 0 Å². The Kier molecular flexibility index (Phi) is 7.63. The van der Waals surface area contributed by atoms with Crippen molar-refractivity contribution >= 4 is 5.57 Å².